The maximum Gasteiger partial charge on any atom is 0.248 e. The third kappa shape index (κ3) is 3.41. The van der Waals surface area contributed by atoms with Gasteiger partial charge in [-0.05, 0) is 43.9 Å². The van der Waals surface area contributed by atoms with E-state index in [1.54, 1.807) is 29.3 Å². The van der Waals surface area contributed by atoms with E-state index in [0.29, 0.717) is 35.5 Å². The summed E-state index contributed by atoms with van der Waals surface area (Å²) in [5.74, 6) is 1.31. The Balaban J connectivity index is 1.52. The molecule has 1 aliphatic heterocycles. The predicted molar refractivity (Wildman–Crippen MR) is 122 cm³/mol. The highest BCUT2D eigenvalue weighted by molar-refractivity contribution is 6.02. The van der Waals surface area contributed by atoms with E-state index in [1.165, 1.54) is 20.0 Å². The van der Waals surface area contributed by atoms with Crippen LogP contribution in [0, 0.1) is 5.41 Å². The number of anilines is 4. The maximum atomic E-state index is 13.2. The Bertz CT molecular complexity index is 1080. The molecule has 3 aliphatic rings. The summed E-state index contributed by atoms with van der Waals surface area (Å²) in [6, 6.07) is 5.32. The zero-order chi connectivity index (χ0) is 22.5. The number of hydrogen-bond donors (Lipinski definition) is 2. The lowest BCUT2D eigenvalue weighted by molar-refractivity contribution is -0.122. The Morgan fingerprint density at radius 2 is 2.03 bits per heavy atom. The monoisotopic (exact) mass is 436 g/mol. The molecule has 2 heterocycles. The molecule has 168 valence electrons. The molecule has 2 amide bonds. The number of amides is 2. The van der Waals surface area contributed by atoms with E-state index in [9.17, 15) is 9.59 Å². The van der Waals surface area contributed by atoms with Crippen LogP contribution in [0.25, 0.3) is 0 Å². The highest BCUT2D eigenvalue weighted by Gasteiger charge is 2.55. The van der Waals surface area contributed by atoms with Crippen LogP contribution >= 0.6 is 0 Å². The number of nitrogens with two attached hydrogens (primary N) is 1. The minimum Gasteiger partial charge on any atom is -0.495 e. The number of fused-ring (bicyclic) bond motifs is 1. The first kappa shape index (κ1) is 20.5. The van der Waals surface area contributed by atoms with Gasteiger partial charge in [0.15, 0.2) is 5.82 Å². The van der Waals surface area contributed by atoms with E-state index in [2.05, 4.69) is 15.2 Å². The van der Waals surface area contributed by atoms with Crippen LogP contribution in [0.15, 0.2) is 24.4 Å². The fourth-order valence-electron chi connectivity index (χ4n) is 4.92. The summed E-state index contributed by atoms with van der Waals surface area (Å²) in [5.41, 5.74) is 6.82. The Labute approximate surface area is 187 Å². The fraction of sp³-hybridized carbons (Fsp3) is 0.478. The molecule has 2 aromatic rings. The van der Waals surface area contributed by atoms with E-state index < -0.39 is 5.91 Å². The van der Waals surface area contributed by atoms with Crippen LogP contribution in [-0.4, -0.2) is 48.5 Å². The minimum absolute atomic E-state index is 0.160. The molecule has 2 saturated carbocycles. The summed E-state index contributed by atoms with van der Waals surface area (Å²) in [7, 11) is 3.35. The molecule has 3 N–H and O–H groups in total. The van der Waals surface area contributed by atoms with Crippen molar-refractivity contribution in [3.8, 4) is 5.75 Å². The molecule has 32 heavy (non-hydrogen) atoms. The summed E-state index contributed by atoms with van der Waals surface area (Å²) < 4.78 is 5.42. The molecule has 1 aromatic heterocycles. The van der Waals surface area contributed by atoms with E-state index >= 15 is 0 Å². The third-order valence-corrected chi connectivity index (χ3v) is 6.97. The Morgan fingerprint density at radius 3 is 2.69 bits per heavy atom. The van der Waals surface area contributed by atoms with Gasteiger partial charge in [0.05, 0.1) is 24.4 Å². The van der Waals surface area contributed by atoms with Crippen LogP contribution in [0.2, 0.25) is 0 Å². The van der Waals surface area contributed by atoms with Crippen molar-refractivity contribution >= 4 is 35.0 Å². The van der Waals surface area contributed by atoms with Gasteiger partial charge in [0.25, 0.3) is 0 Å². The highest BCUT2D eigenvalue weighted by Crippen LogP contribution is 2.52. The smallest absolute Gasteiger partial charge is 0.248 e. The second kappa shape index (κ2) is 7.65. The number of aromatic nitrogens is 2. The van der Waals surface area contributed by atoms with Crippen molar-refractivity contribution in [3.63, 3.8) is 0 Å². The maximum absolute atomic E-state index is 13.2. The van der Waals surface area contributed by atoms with Gasteiger partial charge in [-0.3, -0.25) is 9.59 Å². The molecule has 5 rings (SSSR count). The first-order chi connectivity index (χ1) is 15.4. The molecule has 0 radical (unpaired) electrons. The average molecular weight is 437 g/mol. The lowest BCUT2D eigenvalue weighted by Crippen LogP contribution is -2.41. The van der Waals surface area contributed by atoms with Crippen molar-refractivity contribution in [3.05, 3.63) is 30.0 Å². The summed E-state index contributed by atoms with van der Waals surface area (Å²) in [6.07, 6.45) is 8.20. The predicted octanol–water partition coefficient (Wildman–Crippen LogP) is 2.83. The van der Waals surface area contributed by atoms with Crippen molar-refractivity contribution in [2.45, 2.75) is 44.6 Å². The first-order valence-corrected chi connectivity index (χ1v) is 11.1. The molecule has 0 atom stereocenters. The van der Waals surface area contributed by atoms with E-state index in [1.807, 2.05) is 7.05 Å². The number of nitrogens with one attached hydrogen (secondary N) is 1. The number of carbonyl (C=O) groups is 2. The van der Waals surface area contributed by atoms with E-state index in [0.717, 1.165) is 37.2 Å². The zero-order valence-electron chi connectivity index (χ0n) is 18.4. The number of hydrogen-bond acceptors (Lipinski definition) is 7. The highest BCUT2D eigenvalue weighted by atomic mass is 16.5. The van der Waals surface area contributed by atoms with Crippen molar-refractivity contribution in [2.24, 2.45) is 11.1 Å². The SMILES string of the molecule is COc1cc(C(N)=O)ccc1Nc1ncc2c(n1)N(C1CCCC1)CC1(CC1)C(=O)N2C. The number of carbonyl (C=O) groups excluding carboxylic acids is 2. The van der Waals surface area contributed by atoms with Crippen molar-refractivity contribution < 1.29 is 14.3 Å². The van der Waals surface area contributed by atoms with E-state index in [-0.39, 0.29) is 11.3 Å². The Hall–Kier alpha value is -3.36. The standard InChI is InChI=1S/C23H28N6O3/c1-28-17-12-25-22(26-16-8-7-14(19(24)30)11-18(16)32-2)27-20(17)29(15-5-3-4-6-15)13-23(9-10-23)21(28)31/h7-8,11-12,15H,3-6,9-10,13H2,1-2H3,(H2,24,30)(H,25,26,27). The lowest BCUT2D eigenvalue weighted by atomic mass is 10.0. The molecule has 9 nitrogen and oxygen atoms in total. The third-order valence-electron chi connectivity index (χ3n) is 6.97. The van der Waals surface area contributed by atoms with Gasteiger partial charge in [-0.25, -0.2) is 4.98 Å². The normalized spacial score (nSPS) is 19.6. The van der Waals surface area contributed by atoms with Crippen LogP contribution in [0.5, 0.6) is 5.75 Å². The lowest BCUT2D eigenvalue weighted by Gasteiger charge is -2.31. The summed E-state index contributed by atoms with van der Waals surface area (Å²) in [5, 5.41) is 3.20. The summed E-state index contributed by atoms with van der Waals surface area (Å²) in [4.78, 5) is 38.1. The average Bonchev–Trinajstić information content (AvgIpc) is 3.40. The van der Waals surface area contributed by atoms with Crippen LogP contribution in [0.1, 0.15) is 48.9 Å². The van der Waals surface area contributed by atoms with E-state index in [4.69, 9.17) is 15.5 Å². The van der Waals surface area contributed by atoms with Gasteiger partial charge < -0.3 is 25.6 Å². The molecule has 2 fully saturated rings. The number of ether oxygens (including phenoxy) is 1. The quantitative estimate of drug-likeness (QED) is 0.741. The van der Waals surface area contributed by atoms with Crippen molar-refractivity contribution in [1.82, 2.24) is 9.97 Å². The molecule has 0 unspecified atom stereocenters. The van der Waals surface area contributed by atoms with Gasteiger partial charge in [0, 0.05) is 25.2 Å². The molecular formula is C23H28N6O3. The van der Waals surface area contributed by atoms with Gasteiger partial charge in [-0.15, -0.1) is 0 Å². The van der Waals surface area contributed by atoms with Crippen LogP contribution in [0.4, 0.5) is 23.1 Å². The second-order valence-corrected chi connectivity index (χ2v) is 9.02. The van der Waals surface area contributed by atoms with Crippen LogP contribution in [-0.2, 0) is 4.79 Å². The zero-order valence-corrected chi connectivity index (χ0v) is 18.4. The second-order valence-electron chi connectivity index (χ2n) is 9.02. The molecule has 0 bridgehead atoms. The fourth-order valence-corrected chi connectivity index (χ4v) is 4.92. The summed E-state index contributed by atoms with van der Waals surface area (Å²) in [6.45, 7) is 0.709. The number of primary amides is 1. The Kier molecular flexibility index (Phi) is 4.91. The van der Waals surface area contributed by atoms with Crippen LogP contribution < -0.4 is 25.6 Å². The first-order valence-electron chi connectivity index (χ1n) is 11.1. The Morgan fingerprint density at radius 1 is 1.28 bits per heavy atom. The summed E-state index contributed by atoms with van der Waals surface area (Å²) >= 11 is 0. The topological polar surface area (TPSA) is 114 Å². The minimum atomic E-state index is -0.523. The molecule has 1 aromatic carbocycles. The number of benzene rings is 1. The molecular weight excluding hydrogens is 408 g/mol. The van der Waals surface area contributed by atoms with Crippen molar-refractivity contribution in [1.29, 1.82) is 0 Å². The van der Waals surface area contributed by atoms with Gasteiger partial charge >= 0.3 is 0 Å². The number of rotatable bonds is 5. The number of methoxy groups -OCH3 is 1. The van der Waals surface area contributed by atoms with Crippen LogP contribution in [0.3, 0.4) is 0 Å². The van der Waals surface area contributed by atoms with Crippen molar-refractivity contribution in [2.75, 3.05) is 35.8 Å². The molecule has 9 heteroatoms. The van der Waals surface area contributed by atoms with Gasteiger partial charge in [0.2, 0.25) is 17.8 Å². The van der Waals surface area contributed by atoms with Gasteiger partial charge in [-0.2, -0.15) is 4.98 Å². The molecule has 2 aliphatic carbocycles. The number of nitrogens with zero attached hydrogens (tertiary/aromatic N) is 4. The largest absolute Gasteiger partial charge is 0.495 e. The molecule has 0 saturated heterocycles. The van der Waals surface area contributed by atoms with Gasteiger partial charge in [0.1, 0.15) is 11.4 Å². The molecule has 1 spiro atoms. The van der Waals surface area contributed by atoms with Gasteiger partial charge in [-0.1, -0.05) is 12.8 Å².